The van der Waals surface area contributed by atoms with E-state index in [2.05, 4.69) is 10.6 Å². The van der Waals surface area contributed by atoms with Crippen LogP contribution in [0.15, 0.2) is 35.9 Å². The minimum atomic E-state index is -0.612. The number of ether oxygens (including phenoxy) is 3. The standard InChI is InChI=1S/C29H33FN2O7/c1-29(2,3)39-28(36)32-9-6-10-38-26-12-17(7-8-20(26)27(35)37-5)11-24(33)22-14-18-13-19(30)15-23(31-4)21(18)16-25(22)34/h7-8,12-15,31H,6,9-11,16H2,1-5H3,(H,32,36). The minimum Gasteiger partial charge on any atom is -0.493 e. The first-order valence-corrected chi connectivity index (χ1v) is 12.5. The molecule has 0 heterocycles. The molecule has 10 heteroatoms. The van der Waals surface area contributed by atoms with Gasteiger partial charge in [-0.1, -0.05) is 6.07 Å². The molecule has 0 aliphatic heterocycles. The number of benzene rings is 2. The van der Waals surface area contributed by atoms with Crippen molar-refractivity contribution in [1.29, 1.82) is 0 Å². The fourth-order valence-corrected chi connectivity index (χ4v) is 4.05. The first-order valence-electron chi connectivity index (χ1n) is 12.5. The van der Waals surface area contributed by atoms with E-state index in [-0.39, 0.29) is 48.7 Å². The molecule has 1 aliphatic rings. The average Bonchev–Trinajstić information content (AvgIpc) is 2.86. The number of allylic oxidation sites excluding steroid dienone is 1. The zero-order chi connectivity index (χ0) is 28.7. The Bertz CT molecular complexity index is 1310. The molecule has 2 N–H and O–H groups in total. The number of amides is 1. The summed E-state index contributed by atoms with van der Waals surface area (Å²) in [6.07, 6.45) is 1.16. The Morgan fingerprint density at radius 1 is 1.10 bits per heavy atom. The lowest BCUT2D eigenvalue weighted by atomic mass is 9.86. The third kappa shape index (κ3) is 7.89. The van der Waals surface area contributed by atoms with E-state index in [1.165, 1.54) is 31.4 Å². The molecular weight excluding hydrogens is 507 g/mol. The molecule has 0 saturated heterocycles. The van der Waals surface area contributed by atoms with Crippen molar-refractivity contribution in [1.82, 2.24) is 5.32 Å². The molecule has 0 atom stereocenters. The van der Waals surface area contributed by atoms with Gasteiger partial charge in [-0.2, -0.15) is 0 Å². The lowest BCUT2D eigenvalue weighted by Crippen LogP contribution is -2.33. The summed E-state index contributed by atoms with van der Waals surface area (Å²) in [7, 11) is 2.88. The van der Waals surface area contributed by atoms with Gasteiger partial charge in [0.1, 0.15) is 22.7 Å². The van der Waals surface area contributed by atoms with Crippen molar-refractivity contribution >= 4 is 35.4 Å². The number of fused-ring (bicyclic) bond motifs is 1. The number of esters is 1. The molecule has 3 rings (SSSR count). The van der Waals surface area contributed by atoms with Gasteiger partial charge in [-0.15, -0.1) is 0 Å². The summed E-state index contributed by atoms with van der Waals surface area (Å²) in [5, 5.41) is 5.51. The number of Topliss-reactive ketones (excluding diaryl/α,β-unsaturated/α-hetero) is 2. The summed E-state index contributed by atoms with van der Waals surface area (Å²) in [4.78, 5) is 49.9. The van der Waals surface area contributed by atoms with Crippen molar-refractivity contribution in [3.05, 3.63) is 64.0 Å². The van der Waals surface area contributed by atoms with Crippen LogP contribution in [0.2, 0.25) is 0 Å². The van der Waals surface area contributed by atoms with Crippen LogP contribution in [0.3, 0.4) is 0 Å². The van der Waals surface area contributed by atoms with Crippen molar-refractivity contribution in [2.45, 2.75) is 45.6 Å². The Labute approximate surface area is 226 Å². The van der Waals surface area contributed by atoms with Crippen molar-refractivity contribution in [2.75, 3.05) is 32.6 Å². The van der Waals surface area contributed by atoms with E-state index in [0.717, 1.165) is 0 Å². The van der Waals surface area contributed by atoms with Gasteiger partial charge in [-0.05, 0) is 74.2 Å². The lowest BCUT2D eigenvalue weighted by molar-refractivity contribution is -0.120. The largest absolute Gasteiger partial charge is 0.493 e. The van der Waals surface area contributed by atoms with Crippen LogP contribution in [0.25, 0.3) is 6.08 Å². The van der Waals surface area contributed by atoms with Crippen molar-refractivity contribution < 1.29 is 37.8 Å². The lowest BCUT2D eigenvalue weighted by Gasteiger charge is -2.19. The maximum Gasteiger partial charge on any atom is 0.407 e. The zero-order valence-corrected chi connectivity index (χ0v) is 22.7. The third-order valence-corrected chi connectivity index (χ3v) is 5.82. The summed E-state index contributed by atoms with van der Waals surface area (Å²) in [6, 6.07) is 7.23. The van der Waals surface area contributed by atoms with Gasteiger partial charge in [0.25, 0.3) is 0 Å². The van der Waals surface area contributed by atoms with Gasteiger partial charge < -0.3 is 24.8 Å². The minimum absolute atomic E-state index is 0.0112. The first kappa shape index (κ1) is 29.3. The van der Waals surface area contributed by atoms with Gasteiger partial charge in [0.05, 0.1) is 19.3 Å². The highest BCUT2D eigenvalue weighted by atomic mass is 19.1. The van der Waals surface area contributed by atoms with E-state index in [1.807, 2.05) is 0 Å². The van der Waals surface area contributed by atoms with Gasteiger partial charge >= 0.3 is 12.1 Å². The number of anilines is 1. The number of alkyl carbamates (subject to hydrolysis) is 1. The molecule has 1 amide bonds. The molecule has 0 spiro atoms. The summed E-state index contributed by atoms with van der Waals surface area (Å²) in [5.41, 5.74) is 1.69. The molecule has 2 aromatic carbocycles. The number of halogens is 1. The SMILES string of the molecule is CNc1cc(F)cc2c1CC(=O)C(C(=O)Cc1ccc(C(=O)OC)c(OCCCNC(=O)OC(C)(C)C)c1)=C2. The highest BCUT2D eigenvalue weighted by molar-refractivity contribution is 6.25. The number of ketones is 2. The van der Waals surface area contributed by atoms with Crippen LogP contribution in [-0.4, -0.2) is 56.5 Å². The van der Waals surface area contributed by atoms with E-state index in [0.29, 0.717) is 28.8 Å². The van der Waals surface area contributed by atoms with Gasteiger partial charge in [0.2, 0.25) is 0 Å². The Kier molecular flexibility index (Phi) is 9.45. The van der Waals surface area contributed by atoms with Crippen LogP contribution in [-0.2, 0) is 31.9 Å². The molecule has 1 aliphatic carbocycles. The predicted octanol–water partition coefficient (Wildman–Crippen LogP) is 4.27. The molecule has 0 aromatic heterocycles. The number of carbonyl (C=O) groups excluding carboxylic acids is 4. The number of hydrogen-bond acceptors (Lipinski definition) is 8. The van der Waals surface area contributed by atoms with Crippen LogP contribution in [0.5, 0.6) is 5.75 Å². The zero-order valence-electron chi connectivity index (χ0n) is 22.7. The normalized spacial score (nSPS) is 12.7. The Hall–Kier alpha value is -4.21. The number of carbonyl (C=O) groups is 4. The smallest absolute Gasteiger partial charge is 0.407 e. The Morgan fingerprint density at radius 2 is 1.85 bits per heavy atom. The molecule has 0 saturated carbocycles. The number of hydrogen-bond donors (Lipinski definition) is 2. The third-order valence-electron chi connectivity index (χ3n) is 5.82. The van der Waals surface area contributed by atoms with Crippen LogP contribution < -0.4 is 15.4 Å². The van der Waals surface area contributed by atoms with E-state index in [1.54, 1.807) is 40.0 Å². The van der Waals surface area contributed by atoms with Gasteiger partial charge in [-0.25, -0.2) is 14.0 Å². The van der Waals surface area contributed by atoms with Crippen molar-refractivity contribution in [3.63, 3.8) is 0 Å². The molecule has 0 bridgehead atoms. The van der Waals surface area contributed by atoms with E-state index in [4.69, 9.17) is 14.2 Å². The highest BCUT2D eigenvalue weighted by Gasteiger charge is 2.26. The molecule has 0 unspecified atom stereocenters. The highest BCUT2D eigenvalue weighted by Crippen LogP contribution is 2.30. The van der Waals surface area contributed by atoms with Crippen LogP contribution in [0.1, 0.15) is 54.2 Å². The Morgan fingerprint density at radius 3 is 2.51 bits per heavy atom. The van der Waals surface area contributed by atoms with Crippen LogP contribution in [0, 0.1) is 5.82 Å². The van der Waals surface area contributed by atoms with Gasteiger partial charge in [-0.3, -0.25) is 9.59 Å². The van der Waals surface area contributed by atoms with Gasteiger partial charge in [0, 0.05) is 32.1 Å². The maximum absolute atomic E-state index is 14.0. The number of rotatable bonds is 10. The average molecular weight is 541 g/mol. The van der Waals surface area contributed by atoms with Crippen molar-refractivity contribution in [2.24, 2.45) is 0 Å². The summed E-state index contributed by atoms with van der Waals surface area (Å²) >= 11 is 0. The second-order valence-corrected chi connectivity index (χ2v) is 9.98. The summed E-state index contributed by atoms with van der Waals surface area (Å²) in [5.74, 6) is -1.66. The molecule has 39 heavy (non-hydrogen) atoms. The fourth-order valence-electron chi connectivity index (χ4n) is 4.05. The van der Waals surface area contributed by atoms with Crippen LogP contribution in [0.4, 0.5) is 14.9 Å². The fraction of sp³-hybridized carbons (Fsp3) is 0.379. The monoisotopic (exact) mass is 540 g/mol. The van der Waals surface area contributed by atoms with Gasteiger partial charge in [0.15, 0.2) is 11.6 Å². The van der Waals surface area contributed by atoms with Crippen LogP contribution >= 0.6 is 0 Å². The van der Waals surface area contributed by atoms with Crippen molar-refractivity contribution in [3.8, 4) is 5.75 Å². The van der Waals surface area contributed by atoms with E-state index < -0.39 is 29.3 Å². The number of nitrogens with one attached hydrogen (secondary N) is 2. The van der Waals surface area contributed by atoms with E-state index >= 15 is 0 Å². The second kappa shape index (κ2) is 12.6. The molecule has 9 nitrogen and oxygen atoms in total. The molecule has 0 radical (unpaired) electrons. The molecule has 2 aromatic rings. The summed E-state index contributed by atoms with van der Waals surface area (Å²) in [6.45, 7) is 5.74. The first-order chi connectivity index (χ1) is 18.4. The summed E-state index contributed by atoms with van der Waals surface area (Å²) < 4.78 is 29.8. The molecule has 0 fully saturated rings. The second-order valence-electron chi connectivity index (χ2n) is 9.98. The number of methoxy groups -OCH3 is 1. The Balaban J connectivity index is 1.71. The van der Waals surface area contributed by atoms with E-state index in [9.17, 15) is 23.6 Å². The predicted molar refractivity (Wildman–Crippen MR) is 143 cm³/mol. The maximum atomic E-state index is 14.0. The quantitative estimate of drug-likeness (QED) is 0.261. The molecule has 208 valence electrons. The topological polar surface area (TPSA) is 120 Å². The molecular formula is C29H33FN2O7.